The van der Waals surface area contributed by atoms with Crippen LogP contribution in [0.2, 0.25) is 0 Å². The lowest BCUT2D eigenvalue weighted by Crippen LogP contribution is -2.45. The molecule has 2 unspecified atom stereocenters. The normalized spacial score (nSPS) is 26.8. The van der Waals surface area contributed by atoms with Gasteiger partial charge in [0.2, 0.25) is 10.0 Å². The van der Waals surface area contributed by atoms with Crippen LogP contribution >= 0.6 is 11.3 Å². The molecule has 0 radical (unpaired) electrons. The summed E-state index contributed by atoms with van der Waals surface area (Å²) in [6.45, 7) is 0. The Morgan fingerprint density at radius 3 is 2.56 bits per heavy atom. The number of nitrogen functional groups attached to an aromatic ring is 1. The minimum atomic E-state index is -3.19. The zero-order valence-corrected chi connectivity index (χ0v) is 15.3. The van der Waals surface area contributed by atoms with Gasteiger partial charge >= 0.3 is 0 Å². The number of nitrogens with two attached hydrogens (primary N) is 1. The van der Waals surface area contributed by atoms with Crippen molar-refractivity contribution in [2.24, 2.45) is 0 Å². The predicted octanol–water partition coefficient (Wildman–Crippen LogP) is 1.28. The van der Waals surface area contributed by atoms with Crippen LogP contribution in [-0.4, -0.2) is 51.7 Å². The van der Waals surface area contributed by atoms with Crippen molar-refractivity contribution in [3.05, 3.63) is 28.3 Å². The average molecular weight is 381 g/mol. The number of hydrogen-bond donors (Lipinski definition) is 1. The smallest absolute Gasteiger partial charge is 0.299 e. The van der Waals surface area contributed by atoms with Gasteiger partial charge in [0.05, 0.1) is 17.5 Å². The summed E-state index contributed by atoms with van der Waals surface area (Å²) in [5.74, 6) is 0.0507. The molecule has 2 aliphatic rings. The van der Waals surface area contributed by atoms with E-state index < -0.39 is 10.0 Å². The zero-order chi connectivity index (χ0) is 17.8. The lowest BCUT2D eigenvalue weighted by molar-refractivity contribution is 0.0942. The minimum absolute atomic E-state index is 0.0133. The highest BCUT2D eigenvalue weighted by Crippen LogP contribution is 2.44. The van der Waals surface area contributed by atoms with Crippen LogP contribution < -0.4 is 5.73 Å². The molecule has 2 fully saturated rings. The van der Waals surface area contributed by atoms with E-state index in [2.05, 4.69) is 10.1 Å². The quantitative estimate of drug-likeness (QED) is 0.857. The number of anilines is 1. The first-order valence-corrected chi connectivity index (χ1v) is 10.9. The van der Waals surface area contributed by atoms with Crippen LogP contribution in [-0.2, 0) is 10.0 Å². The molecular formula is C15H19N5O3S2. The summed E-state index contributed by atoms with van der Waals surface area (Å²) in [5.41, 5.74) is 8.65. The van der Waals surface area contributed by atoms with E-state index in [0.29, 0.717) is 18.5 Å². The lowest BCUT2D eigenvalue weighted by Gasteiger charge is -2.36. The molecule has 25 heavy (non-hydrogen) atoms. The van der Waals surface area contributed by atoms with E-state index in [1.807, 2.05) is 0 Å². The maximum atomic E-state index is 12.4. The molecule has 0 amide bonds. The summed E-state index contributed by atoms with van der Waals surface area (Å²) in [7, 11) is -3.19. The molecule has 0 aliphatic carbocycles. The molecule has 134 valence electrons. The lowest BCUT2D eigenvalue weighted by atomic mass is 9.90. The Kier molecular flexibility index (Phi) is 3.93. The van der Waals surface area contributed by atoms with Crippen molar-refractivity contribution in [2.45, 2.75) is 43.7 Å². The van der Waals surface area contributed by atoms with E-state index in [1.54, 1.807) is 21.3 Å². The van der Waals surface area contributed by atoms with Crippen LogP contribution in [0.1, 0.15) is 47.8 Å². The molecule has 2 aromatic heterocycles. The maximum Gasteiger partial charge on any atom is 0.299 e. The van der Waals surface area contributed by atoms with Gasteiger partial charge in [-0.1, -0.05) is 0 Å². The van der Waals surface area contributed by atoms with Crippen molar-refractivity contribution in [1.82, 2.24) is 19.1 Å². The summed E-state index contributed by atoms with van der Waals surface area (Å²) in [5, 5.41) is 6.07. The van der Waals surface area contributed by atoms with E-state index in [9.17, 15) is 13.2 Å². The molecule has 0 aromatic carbocycles. The van der Waals surface area contributed by atoms with Gasteiger partial charge in [0.25, 0.3) is 5.91 Å². The molecule has 2 aliphatic heterocycles. The molecule has 2 aromatic rings. The Bertz CT molecular complexity index is 892. The number of hydrogen-bond acceptors (Lipinski definition) is 7. The van der Waals surface area contributed by atoms with Crippen molar-refractivity contribution in [3.63, 3.8) is 0 Å². The van der Waals surface area contributed by atoms with Crippen molar-refractivity contribution in [3.8, 4) is 0 Å². The number of aromatic nitrogens is 3. The third-order valence-corrected chi connectivity index (χ3v) is 7.02. The highest BCUT2D eigenvalue weighted by atomic mass is 32.2. The molecule has 4 rings (SSSR count). The average Bonchev–Trinajstić information content (AvgIpc) is 3.25. The number of rotatable bonds is 3. The van der Waals surface area contributed by atoms with Crippen molar-refractivity contribution in [2.75, 3.05) is 12.0 Å². The fraction of sp³-hybridized carbons (Fsp3) is 0.533. The van der Waals surface area contributed by atoms with Gasteiger partial charge in [0.15, 0.2) is 0 Å². The van der Waals surface area contributed by atoms with Crippen molar-refractivity contribution < 1.29 is 13.2 Å². The summed E-state index contributed by atoms with van der Waals surface area (Å²) < 4.78 is 26.9. The van der Waals surface area contributed by atoms with Crippen LogP contribution in [0.4, 0.5) is 5.82 Å². The van der Waals surface area contributed by atoms with Gasteiger partial charge in [-0.2, -0.15) is 14.1 Å². The Labute approximate surface area is 149 Å². The van der Waals surface area contributed by atoms with Gasteiger partial charge in [0, 0.05) is 29.4 Å². The molecule has 0 spiro atoms. The van der Waals surface area contributed by atoms with Gasteiger partial charge in [-0.05, 0) is 25.7 Å². The van der Waals surface area contributed by atoms with Crippen molar-refractivity contribution in [1.29, 1.82) is 0 Å². The number of carbonyl (C=O) groups excluding carboxylic acids is 1. The minimum Gasteiger partial charge on any atom is -0.383 e. The van der Waals surface area contributed by atoms with E-state index in [-0.39, 0.29) is 29.7 Å². The third-order valence-electron chi connectivity index (χ3n) is 5.07. The molecule has 10 heteroatoms. The molecule has 2 saturated heterocycles. The highest BCUT2D eigenvalue weighted by molar-refractivity contribution is 7.88. The first kappa shape index (κ1) is 16.7. The Balaban J connectivity index is 1.59. The first-order valence-electron chi connectivity index (χ1n) is 8.11. The van der Waals surface area contributed by atoms with Gasteiger partial charge in [0.1, 0.15) is 11.5 Å². The molecule has 2 bridgehead atoms. The van der Waals surface area contributed by atoms with Gasteiger partial charge in [-0.15, -0.1) is 11.3 Å². The zero-order valence-electron chi connectivity index (χ0n) is 13.7. The van der Waals surface area contributed by atoms with E-state index in [1.165, 1.54) is 22.3 Å². The van der Waals surface area contributed by atoms with Gasteiger partial charge < -0.3 is 5.73 Å². The number of nitrogens with zero attached hydrogens (tertiary/aromatic N) is 4. The Morgan fingerprint density at radius 2 is 2.00 bits per heavy atom. The van der Waals surface area contributed by atoms with Crippen LogP contribution in [0.25, 0.3) is 0 Å². The second-order valence-corrected chi connectivity index (χ2v) is 9.34. The second kappa shape index (κ2) is 5.89. The fourth-order valence-corrected chi connectivity index (χ4v) is 6.11. The number of piperidine rings is 1. The predicted molar refractivity (Wildman–Crippen MR) is 93.9 cm³/mol. The molecule has 8 nitrogen and oxygen atoms in total. The summed E-state index contributed by atoms with van der Waals surface area (Å²) in [6.07, 6.45) is 4.46. The summed E-state index contributed by atoms with van der Waals surface area (Å²) in [6, 6.07) is 1.75. The summed E-state index contributed by atoms with van der Waals surface area (Å²) in [4.78, 5) is 16.4. The molecule has 4 heterocycles. The number of sulfonamides is 1. The van der Waals surface area contributed by atoms with Crippen LogP contribution in [0.3, 0.4) is 0 Å². The standard InChI is InChI=1S/C15H19N5O3S2/c1-25(22,23)20-10-2-3-11(20)5-9(4-10)12-6-14(16)19(18-12)15(21)13-7-24-8-17-13/h6-11H,2-5,16H2,1H3. The molecule has 2 N–H and O–H groups in total. The monoisotopic (exact) mass is 381 g/mol. The van der Waals surface area contributed by atoms with Crippen molar-refractivity contribution >= 4 is 33.1 Å². The van der Waals surface area contributed by atoms with E-state index >= 15 is 0 Å². The number of fused-ring (bicyclic) bond motifs is 2. The third kappa shape index (κ3) is 2.87. The Morgan fingerprint density at radius 1 is 1.32 bits per heavy atom. The first-order chi connectivity index (χ1) is 11.8. The molecule has 0 saturated carbocycles. The number of carbonyl (C=O) groups is 1. The van der Waals surface area contributed by atoms with E-state index in [4.69, 9.17) is 5.73 Å². The SMILES string of the molecule is CS(=O)(=O)N1C2CCC1CC(c1cc(N)n(C(=O)c3cscn3)n1)C2. The van der Waals surface area contributed by atoms with Gasteiger partial charge in [-0.25, -0.2) is 13.4 Å². The fourth-order valence-electron chi connectivity index (χ4n) is 4.12. The topological polar surface area (TPSA) is 111 Å². The largest absolute Gasteiger partial charge is 0.383 e. The Hall–Kier alpha value is -1.78. The molecule has 2 atom stereocenters. The number of thiazole rings is 1. The van der Waals surface area contributed by atoms with Crippen LogP contribution in [0.5, 0.6) is 0 Å². The van der Waals surface area contributed by atoms with Crippen LogP contribution in [0.15, 0.2) is 17.0 Å². The van der Waals surface area contributed by atoms with Gasteiger partial charge in [-0.3, -0.25) is 4.79 Å². The van der Waals surface area contributed by atoms with Crippen LogP contribution in [0, 0.1) is 0 Å². The highest BCUT2D eigenvalue weighted by Gasteiger charge is 2.46. The molecular weight excluding hydrogens is 362 g/mol. The maximum absolute atomic E-state index is 12.4. The van der Waals surface area contributed by atoms with E-state index in [0.717, 1.165) is 18.5 Å². The summed E-state index contributed by atoms with van der Waals surface area (Å²) >= 11 is 1.34. The second-order valence-electron chi connectivity index (χ2n) is 6.73.